The predicted octanol–water partition coefficient (Wildman–Crippen LogP) is 5.72. The van der Waals surface area contributed by atoms with Gasteiger partial charge in [-0.25, -0.2) is 8.78 Å². The molecule has 3 aromatic rings. The van der Waals surface area contributed by atoms with Crippen LogP contribution in [0.25, 0.3) is 0 Å². The topological polar surface area (TPSA) is 49.9 Å². The van der Waals surface area contributed by atoms with Crippen LogP contribution < -0.4 is 4.74 Å². The quantitative estimate of drug-likeness (QED) is 0.369. The van der Waals surface area contributed by atoms with Crippen LogP contribution >= 0.6 is 11.3 Å². The molecule has 0 aliphatic carbocycles. The summed E-state index contributed by atoms with van der Waals surface area (Å²) < 4.78 is 32.6. The van der Waals surface area contributed by atoms with Gasteiger partial charge in [-0.3, -0.25) is 9.59 Å². The first kappa shape index (κ1) is 25.8. The highest BCUT2D eigenvalue weighted by atomic mass is 32.1. The van der Waals surface area contributed by atoms with Gasteiger partial charge in [-0.1, -0.05) is 20.3 Å². The Morgan fingerprint density at radius 1 is 1.08 bits per heavy atom. The number of rotatable bonds is 9. The van der Waals surface area contributed by atoms with Crippen LogP contribution in [-0.2, 0) is 11.2 Å². The normalized spacial score (nSPS) is 15.8. The molecule has 0 N–H and O–H groups in total. The van der Waals surface area contributed by atoms with Crippen molar-refractivity contribution in [2.45, 2.75) is 32.7 Å². The van der Waals surface area contributed by atoms with E-state index in [1.807, 2.05) is 25.3 Å². The van der Waals surface area contributed by atoms with Crippen molar-refractivity contribution >= 4 is 23.2 Å². The summed E-state index contributed by atoms with van der Waals surface area (Å²) in [5.74, 6) is -0.501. The number of amides is 2. The molecule has 0 spiro atoms. The van der Waals surface area contributed by atoms with E-state index in [1.165, 1.54) is 41.3 Å². The highest BCUT2D eigenvalue weighted by Crippen LogP contribution is 2.34. The van der Waals surface area contributed by atoms with Crippen LogP contribution in [0.3, 0.4) is 0 Å². The van der Waals surface area contributed by atoms with Crippen LogP contribution in [0.15, 0.2) is 60.0 Å². The zero-order valence-electron chi connectivity index (χ0n) is 20.5. The molecule has 2 atom stereocenters. The lowest BCUT2D eigenvalue weighted by molar-refractivity contribution is -0.135. The first-order valence-corrected chi connectivity index (χ1v) is 13.0. The number of thiophene rings is 1. The number of ether oxygens (including phenoxy) is 1. The summed E-state index contributed by atoms with van der Waals surface area (Å²) in [5, 5.41) is 2.01. The molecule has 0 saturated carbocycles. The summed E-state index contributed by atoms with van der Waals surface area (Å²) in [4.78, 5) is 31.5. The Labute approximate surface area is 214 Å². The summed E-state index contributed by atoms with van der Waals surface area (Å²) in [5.41, 5.74) is 1.39. The van der Waals surface area contributed by atoms with Gasteiger partial charge in [-0.15, -0.1) is 11.3 Å². The van der Waals surface area contributed by atoms with Crippen molar-refractivity contribution in [3.63, 3.8) is 0 Å². The first-order chi connectivity index (χ1) is 17.4. The first-order valence-electron chi connectivity index (χ1n) is 12.1. The van der Waals surface area contributed by atoms with Gasteiger partial charge < -0.3 is 14.5 Å². The Hall–Kier alpha value is -3.26. The van der Waals surface area contributed by atoms with E-state index < -0.39 is 5.82 Å². The minimum absolute atomic E-state index is 0.0763. The zero-order chi connectivity index (χ0) is 25.7. The molecule has 8 heteroatoms. The van der Waals surface area contributed by atoms with E-state index in [0.29, 0.717) is 24.4 Å². The number of hydrogen-bond acceptors (Lipinski definition) is 4. The average Bonchev–Trinajstić information content (AvgIpc) is 3.37. The number of hydrogen-bond donors (Lipinski definition) is 0. The number of halogens is 2. The van der Waals surface area contributed by atoms with E-state index in [1.54, 1.807) is 33.3 Å². The molecular weight excluding hydrogens is 482 g/mol. The smallest absolute Gasteiger partial charge is 0.254 e. The molecule has 0 bridgehead atoms. The molecule has 2 amide bonds. The van der Waals surface area contributed by atoms with Crippen molar-refractivity contribution in [2.24, 2.45) is 5.92 Å². The van der Waals surface area contributed by atoms with Crippen molar-refractivity contribution in [3.05, 3.63) is 87.6 Å². The maximum absolute atomic E-state index is 13.6. The zero-order valence-corrected chi connectivity index (χ0v) is 21.3. The minimum atomic E-state index is -0.417. The molecule has 2 aromatic carbocycles. The molecule has 190 valence electrons. The van der Waals surface area contributed by atoms with Gasteiger partial charge >= 0.3 is 0 Å². The summed E-state index contributed by atoms with van der Waals surface area (Å²) in [6, 6.07) is 12.9. The highest BCUT2D eigenvalue weighted by molar-refractivity contribution is 7.10. The Morgan fingerprint density at radius 2 is 1.75 bits per heavy atom. The van der Waals surface area contributed by atoms with Crippen LogP contribution in [0.5, 0.6) is 5.75 Å². The second kappa shape index (κ2) is 11.6. The largest absolute Gasteiger partial charge is 0.491 e. The second-order valence-electron chi connectivity index (χ2n) is 9.12. The lowest BCUT2D eigenvalue weighted by Gasteiger charge is -2.37. The third-order valence-corrected chi connectivity index (χ3v) is 7.57. The summed E-state index contributed by atoms with van der Waals surface area (Å²) in [6.07, 6.45) is 1.60. The Morgan fingerprint density at radius 3 is 2.42 bits per heavy atom. The molecule has 2 heterocycles. The highest BCUT2D eigenvalue weighted by Gasteiger charge is 2.34. The van der Waals surface area contributed by atoms with Crippen LogP contribution in [0, 0.1) is 17.6 Å². The molecule has 5 nitrogen and oxygen atoms in total. The Balaban J connectivity index is 1.53. The van der Waals surface area contributed by atoms with E-state index >= 15 is 0 Å². The SMILES string of the molecule is CC[C@@H](C)CN(CC(=O)N1CCc2sccc2[C@@H]1COc1ccc(F)cc1)C(=O)c1ccc(F)cc1. The maximum atomic E-state index is 13.6. The van der Waals surface area contributed by atoms with Crippen molar-refractivity contribution in [2.75, 3.05) is 26.2 Å². The fourth-order valence-electron chi connectivity index (χ4n) is 4.33. The number of benzene rings is 2. The second-order valence-corrected chi connectivity index (χ2v) is 10.1. The van der Waals surface area contributed by atoms with Crippen molar-refractivity contribution in [3.8, 4) is 5.75 Å². The van der Waals surface area contributed by atoms with E-state index in [0.717, 1.165) is 18.4 Å². The maximum Gasteiger partial charge on any atom is 0.254 e. The van der Waals surface area contributed by atoms with E-state index in [-0.39, 0.29) is 42.7 Å². The molecule has 1 aliphatic heterocycles. The minimum Gasteiger partial charge on any atom is -0.491 e. The molecular formula is C28H30F2N2O3S. The molecule has 0 radical (unpaired) electrons. The third kappa shape index (κ3) is 6.10. The van der Waals surface area contributed by atoms with E-state index in [4.69, 9.17) is 4.74 Å². The van der Waals surface area contributed by atoms with Gasteiger partial charge in [-0.2, -0.15) is 0 Å². The molecule has 1 aromatic heterocycles. The monoisotopic (exact) mass is 512 g/mol. The Kier molecular flexibility index (Phi) is 8.36. The average molecular weight is 513 g/mol. The number of carbonyl (C=O) groups excluding carboxylic acids is 2. The third-order valence-electron chi connectivity index (χ3n) is 6.57. The lowest BCUT2D eigenvalue weighted by Crippen LogP contribution is -2.48. The fourth-order valence-corrected chi connectivity index (χ4v) is 5.26. The predicted molar refractivity (Wildman–Crippen MR) is 136 cm³/mol. The fraction of sp³-hybridized carbons (Fsp3) is 0.357. The standard InChI is InChI=1S/C28H30F2N2O3S/c1-3-19(2)16-31(28(34)20-4-6-21(29)7-5-20)17-27(33)32-14-12-26-24(13-15-36-26)25(32)18-35-23-10-8-22(30)9-11-23/h4-11,13,15,19,25H,3,12,14,16-18H2,1-2H3/t19-,25+/m1/s1. The lowest BCUT2D eigenvalue weighted by atomic mass is 10.00. The number of nitrogens with zero attached hydrogens (tertiary/aromatic N) is 2. The van der Waals surface area contributed by atoms with Gasteiger partial charge in [0.15, 0.2) is 0 Å². The van der Waals surface area contributed by atoms with Crippen LogP contribution in [0.1, 0.15) is 47.1 Å². The summed E-state index contributed by atoms with van der Waals surface area (Å²) >= 11 is 1.66. The van der Waals surface area contributed by atoms with Gasteiger partial charge in [-0.05, 0) is 77.9 Å². The molecule has 0 saturated heterocycles. The summed E-state index contributed by atoms with van der Waals surface area (Å²) in [7, 11) is 0. The van der Waals surface area contributed by atoms with Gasteiger partial charge in [0.05, 0.1) is 6.04 Å². The number of fused-ring (bicyclic) bond motifs is 1. The van der Waals surface area contributed by atoms with Crippen molar-refractivity contribution < 1.29 is 23.1 Å². The van der Waals surface area contributed by atoms with Crippen LogP contribution in [-0.4, -0.2) is 47.9 Å². The van der Waals surface area contributed by atoms with Crippen molar-refractivity contribution in [1.29, 1.82) is 0 Å². The van der Waals surface area contributed by atoms with Crippen LogP contribution in [0.4, 0.5) is 8.78 Å². The summed E-state index contributed by atoms with van der Waals surface area (Å²) in [6.45, 7) is 5.16. The molecule has 0 fully saturated rings. The van der Waals surface area contributed by atoms with E-state index in [9.17, 15) is 18.4 Å². The molecule has 36 heavy (non-hydrogen) atoms. The number of carbonyl (C=O) groups is 2. The molecule has 4 rings (SSSR count). The molecule has 1 aliphatic rings. The van der Waals surface area contributed by atoms with Crippen molar-refractivity contribution in [1.82, 2.24) is 9.80 Å². The van der Waals surface area contributed by atoms with Gasteiger partial charge in [0, 0.05) is 23.5 Å². The van der Waals surface area contributed by atoms with Crippen LogP contribution in [0.2, 0.25) is 0 Å². The Bertz CT molecular complexity index is 1180. The van der Waals surface area contributed by atoms with Gasteiger partial charge in [0.2, 0.25) is 5.91 Å². The van der Waals surface area contributed by atoms with E-state index in [2.05, 4.69) is 0 Å². The molecule has 0 unspecified atom stereocenters. The van der Waals surface area contributed by atoms with Gasteiger partial charge in [0.25, 0.3) is 5.91 Å². The van der Waals surface area contributed by atoms with Gasteiger partial charge in [0.1, 0.15) is 30.5 Å².